The van der Waals surface area contributed by atoms with Gasteiger partial charge >= 0.3 is 0 Å². The van der Waals surface area contributed by atoms with Crippen molar-refractivity contribution in [2.75, 3.05) is 0 Å². The maximum Gasteiger partial charge on any atom is 0.267 e. The van der Waals surface area contributed by atoms with E-state index < -0.39 is 0 Å². The van der Waals surface area contributed by atoms with Gasteiger partial charge in [-0.15, -0.1) is 10.2 Å². The number of carbonyl (C=O) groups excluding carboxylic acids is 1. The van der Waals surface area contributed by atoms with E-state index in [1.54, 1.807) is 10.6 Å². The molecule has 0 saturated heterocycles. The molecular formula is C23H25N5O2S. The Labute approximate surface area is 184 Å². The summed E-state index contributed by atoms with van der Waals surface area (Å²) in [6.07, 6.45) is 0. The second kappa shape index (κ2) is 7.85. The topological polar surface area (TPSA) is 81.3 Å². The van der Waals surface area contributed by atoms with Crippen molar-refractivity contribution in [2.45, 2.75) is 50.6 Å². The molecule has 4 aromatic rings. The van der Waals surface area contributed by atoms with Gasteiger partial charge in [0.25, 0.3) is 5.56 Å². The van der Waals surface area contributed by atoms with Gasteiger partial charge < -0.3 is 5.32 Å². The van der Waals surface area contributed by atoms with Gasteiger partial charge in [-0.1, -0.05) is 42.1 Å². The van der Waals surface area contributed by atoms with Gasteiger partial charge in [-0.3, -0.25) is 14.0 Å². The van der Waals surface area contributed by atoms with E-state index in [-0.39, 0.29) is 22.3 Å². The molecule has 1 amide bonds. The molecule has 0 radical (unpaired) electrons. The summed E-state index contributed by atoms with van der Waals surface area (Å²) in [6.45, 7) is 9.64. The Hall–Kier alpha value is -3.13. The Balaban J connectivity index is 1.92. The minimum atomic E-state index is -0.385. The van der Waals surface area contributed by atoms with Crippen LogP contribution in [0.3, 0.4) is 0 Å². The molecular weight excluding hydrogens is 410 g/mol. The van der Waals surface area contributed by atoms with Crippen LogP contribution in [0.15, 0.2) is 58.5 Å². The first-order chi connectivity index (χ1) is 14.7. The normalized spacial score (nSPS) is 12.9. The van der Waals surface area contributed by atoms with Gasteiger partial charge in [0.15, 0.2) is 5.16 Å². The largest absolute Gasteiger partial charge is 0.351 e. The van der Waals surface area contributed by atoms with Gasteiger partial charge in [0.1, 0.15) is 0 Å². The summed E-state index contributed by atoms with van der Waals surface area (Å²) in [4.78, 5) is 26.0. The van der Waals surface area contributed by atoms with Crippen LogP contribution in [-0.2, 0) is 4.79 Å². The minimum absolute atomic E-state index is 0.0780. The van der Waals surface area contributed by atoms with Crippen molar-refractivity contribution in [3.05, 3.63) is 64.4 Å². The molecule has 31 heavy (non-hydrogen) atoms. The van der Waals surface area contributed by atoms with Crippen molar-refractivity contribution in [2.24, 2.45) is 0 Å². The number of para-hydroxylation sites is 2. The molecule has 160 valence electrons. The van der Waals surface area contributed by atoms with E-state index in [0.717, 1.165) is 11.3 Å². The Morgan fingerprint density at radius 2 is 1.74 bits per heavy atom. The van der Waals surface area contributed by atoms with E-state index >= 15 is 0 Å². The molecule has 2 aromatic carbocycles. The smallest absolute Gasteiger partial charge is 0.267 e. The number of hydrogen-bond donors (Lipinski definition) is 1. The SMILES string of the molecule is Cc1ccccc1-n1c(=O)c2ccccc2n2c(SC(C)C(=O)NC(C)(C)C)nnc12. The predicted molar refractivity (Wildman–Crippen MR) is 124 cm³/mol. The van der Waals surface area contributed by atoms with E-state index in [4.69, 9.17) is 0 Å². The first-order valence-corrected chi connectivity index (χ1v) is 11.0. The van der Waals surface area contributed by atoms with Crippen molar-refractivity contribution in [3.8, 4) is 5.69 Å². The third kappa shape index (κ3) is 3.95. The van der Waals surface area contributed by atoms with E-state index in [1.165, 1.54) is 11.8 Å². The number of amides is 1. The van der Waals surface area contributed by atoms with Crippen molar-refractivity contribution >= 4 is 34.3 Å². The van der Waals surface area contributed by atoms with Gasteiger partial charge in [-0.05, 0) is 58.4 Å². The molecule has 4 rings (SSSR count). The van der Waals surface area contributed by atoms with Crippen LogP contribution >= 0.6 is 11.8 Å². The van der Waals surface area contributed by atoms with Gasteiger partial charge in [-0.25, -0.2) is 4.57 Å². The zero-order chi connectivity index (χ0) is 22.3. The van der Waals surface area contributed by atoms with Gasteiger partial charge in [0.2, 0.25) is 11.7 Å². The predicted octanol–water partition coefficient (Wildman–Crippen LogP) is 3.74. The third-order valence-corrected chi connectivity index (χ3v) is 5.94. The number of fused-ring (bicyclic) bond motifs is 3. The molecule has 0 fully saturated rings. The summed E-state index contributed by atoms with van der Waals surface area (Å²) in [5.41, 5.74) is 1.95. The molecule has 0 aliphatic rings. The first kappa shape index (κ1) is 21.1. The Morgan fingerprint density at radius 3 is 2.45 bits per heavy atom. The number of nitrogens with zero attached hydrogens (tertiary/aromatic N) is 4. The Bertz CT molecular complexity index is 1350. The lowest BCUT2D eigenvalue weighted by Gasteiger charge is -2.22. The van der Waals surface area contributed by atoms with Crippen LogP contribution in [0.4, 0.5) is 0 Å². The van der Waals surface area contributed by atoms with Crippen molar-refractivity contribution < 1.29 is 4.79 Å². The monoisotopic (exact) mass is 435 g/mol. The summed E-state index contributed by atoms with van der Waals surface area (Å²) >= 11 is 1.32. The van der Waals surface area contributed by atoms with E-state index in [2.05, 4.69) is 15.5 Å². The van der Waals surface area contributed by atoms with Crippen LogP contribution in [0, 0.1) is 6.92 Å². The molecule has 2 heterocycles. The van der Waals surface area contributed by atoms with Crippen molar-refractivity contribution in [1.82, 2.24) is 24.5 Å². The second-order valence-corrected chi connectivity index (χ2v) is 9.87. The molecule has 1 atom stereocenters. The Morgan fingerprint density at radius 1 is 1.06 bits per heavy atom. The maximum absolute atomic E-state index is 13.4. The van der Waals surface area contributed by atoms with Gasteiger partial charge in [-0.2, -0.15) is 0 Å². The molecule has 0 saturated carbocycles. The quantitative estimate of drug-likeness (QED) is 0.494. The fourth-order valence-electron chi connectivity index (χ4n) is 3.47. The summed E-state index contributed by atoms with van der Waals surface area (Å²) in [6, 6.07) is 15.1. The van der Waals surface area contributed by atoms with Crippen LogP contribution in [0.1, 0.15) is 33.3 Å². The number of thioether (sulfide) groups is 1. The average Bonchev–Trinajstić information content (AvgIpc) is 3.11. The van der Waals surface area contributed by atoms with Crippen molar-refractivity contribution in [3.63, 3.8) is 0 Å². The highest BCUT2D eigenvalue weighted by atomic mass is 32.2. The van der Waals surface area contributed by atoms with Gasteiger partial charge in [0, 0.05) is 5.54 Å². The number of benzene rings is 2. The molecule has 0 aliphatic carbocycles. The van der Waals surface area contributed by atoms with Crippen LogP contribution in [0.25, 0.3) is 22.4 Å². The molecule has 1 unspecified atom stereocenters. The molecule has 0 aliphatic heterocycles. The second-order valence-electron chi connectivity index (χ2n) is 8.56. The number of aromatic nitrogens is 4. The lowest BCUT2D eigenvalue weighted by atomic mass is 10.1. The van der Waals surface area contributed by atoms with Crippen LogP contribution in [0.2, 0.25) is 0 Å². The summed E-state index contributed by atoms with van der Waals surface area (Å²) in [7, 11) is 0. The first-order valence-electron chi connectivity index (χ1n) is 10.1. The van der Waals surface area contributed by atoms with E-state index in [9.17, 15) is 9.59 Å². The number of carbonyl (C=O) groups is 1. The molecule has 1 N–H and O–H groups in total. The molecule has 8 heteroatoms. The summed E-state index contributed by atoms with van der Waals surface area (Å²) in [5, 5.41) is 12.4. The highest BCUT2D eigenvalue weighted by Crippen LogP contribution is 2.27. The zero-order valence-electron chi connectivity index (χ0n) is 18.2. The number of rotatable bonds is 4. The highest BCUT2D eigenvalue weighted by Gasteiger charge is 2.24. The molecule has 0 bridgehead atoms. The van der Waals surface area contributed by atoms with E-state index in [0.29, 0.717) is 21.8 Å². The molecule has 0 spiro atoms. The maximum atomic E-state index is 13.4. The van der Waals surface area contributed by atoms with Crippen molar-refractivity contribution in [1.29, 1.82) is 0 Å². The summed E-state index contributed by atoms with van der Waals surface area (Å²) in [5.74, 6) is 0.342. The average molecular weight is 436 g/mol. The fraction of sp³-hybridized carbons (Fsp3) is 0.304. The van der Waals surface area contributed by atoms with Gasteiger partial charge in [0.05, 0.1) is 21.8 Å². The minimum Gasteiger partial charge on any atom is -0.351 e. The third-order valence-electron chi connectivity index (χ3n) is 4.90. The summed E-state index contributed by atoms with van der Waals surface area (Å²) < 4.78 is 3.45. The highest BCUT2D eigenvalue weighted by molar-refractivity contribution is 8.00. The molecule has 7 nitrogen and oxygen atoms in total. The van der Waals surface area contributed by atoms with E-state index in [1.807, 2.05) is 81.5 Å². The lowest BCUT2D eigenvalue weighted by molar-refractivity contribution is -0.121. The number of hydrogen-bond acceptors (Lipinski definition) is 5. The zero-order valence-corrected chi connectivity index (χ0v) is 19.0. The van der Waals surface area contributed by atoms with Crippen LogP contribution in [-0.4, -0.2) is 35.9 Å². The number of aryl methyl sites for hydroxylation is 1. The number of nitrogens with one attached hydrogen (secondary N) is 1. The lowest BCUT2D eigenvalue weighted by Crippen LogP contribution is -2.44. The standard InChI is InChI=1S/C23H25N5O2S/c1-14-10-6-8-12-17(14)27-20(30)16-11-7-9-13-18(16)28-21(27)25-26-22(28)31-15(2)19(29)24-23(3,4)5/h6-13,15H,1-5H3,(H,24,29). The molecule has 2 aromatic heterocycles. The Kier molecular flexibility index (Phi) is 5.35. The van der Waals surface area contributed by atoms with Crippen LogP contribution in [0.5, 0.6) is 0 Å². The fourth-order valence-corrected chi connectivity index (χ4v) is 4.32. The van der Waals surface area contributed by atoms with Crippen LogP contribution < -0.4 is 10.9 Å².